The predicted octanol–water partition coefficient (Wildman–Crippen LogP) is 4.32. The molecule has 0 heterocycles. The molecule has 0 aliphatic heterocycles. The average Bonchev–Trinajstić information content (AvgIpc) is 2.46. The zero-order valence-electron chi connectivity index (χ0n) is 11.2. The van der Waals surface area contributed by atoms with Gasteiger partial charge in [0, 0.05) is 10.6 Å². The first-order chi connectivity index (χ1) is 9.60. The molecule has 0 atom stereocenters. The minimum atomic E-state index is -0.411. The average molecular weight is 293 g/mol. The van der Waals surface area contributed by atoms with E-state index in [4.69, 9.17) is 16.3 Å². The van der Waals surface area contributed by atoms with Gasteiger partial charge in [-0.15, -0.1) is 0 Å². The molecule has 3 nitrogen and oxygen atoms in total. The van der Waals surface area contributed by atoms with Crippen molar-refractivity contribution in [3.8, 4) is 5.75 Å². The number of nitrogens with zero attached hydrogens (tertiary/aromatic N) is 1. The van der Waals surface area contributed by atoms with Crippen LogP contribution in [0.3, 0.4) is 0 Å². The Kier molecular flexibility index (Phi) is 4.58. The van der Waals surface area contributed by atoms with Crippen LogP contribution < -0.4 is 10.2 Å². The molecule has 2 aromatic carbocycles. The van der Waals surface area contributed by atoms with Crippen molar-refractivity contribution in [2.45, 2.75) is 6.92 Å². The number of nitrogens with one attached hydrogen (secondary N) is 1. The monoisotopic (exact) mass is 292 g/mol. The summed E-state index contributed by atoms with van der Waals surface area (Å²) in [7, 11) is 1.43. The van der Waals surface area contributed by atoms with Crippen molar-refractivity contribution in [2.24, 2.45) is 5.10 Å². The summed E-state index contributed by atoms with van der Waals surface area (Å²) in [5.41, 5.74) is 5.05. The molecule has 2 aromatic rings. The van der Waals surface area contributed by atoms with Crippen molar-refractivity contribution in [1.82, 2.24) is 0 Å². The number of benzene rings is 2. The first-order valence-electron chi connectivity index (χ1n) is 6.00. The maximum absolute atomic E-state index is 13.6. The molecule has 0 radical (unpaired) electrons. The highest BCUT2D eigenvalue weighted by Gasteiger charge is 2.05. The number of methoxy groups -OCH3 is 1. The summed E-state index contributed by atoms with van der Waals surface area (Å²) in [5, 5.41) is 4.87. The van der Waals surface area contributed by atoms with Crippen molar-refractivity contribution in [3.05, 3.63) is 58.9 Å². The lowest BCUT2D eigenvalue weighted by Crippen LogP contribution is -2.01. The van der Waals surface area contributed by atoms with E-state index in [0.29, 0.717) is 16.3 Å². The van der Waals surface area contributed by atoms with Gasteiger partial charge in [0.25, 0.3) is 0 Å². The summed E-state index contributed by atoms with van der Waals surface area (Å²) >= 11 is 5.80. The normalized spacial score (nSPS) is 11.3. The second-order valence-corrected chi connectivity index (χ2v) is 4.60. The Balaban J connectivity index is 2.14. The summed E-state index contributed by atoms with van der Waals surface area (Å²) < 4.78 is 18.5. The van der Waals surface area contributed by atoms with E-state index in [0.717, 1.165) is 5.69 Å². The van der Waals surface area contributed by atoms with Crippen molar-refractivity contribution < 1.29 is 9.13 Å². The third-order valence-corrected chi connectivity index (χ3v) is 3.02. The van der Waals surface area contributed by atoms with E-state index in [1.165, 1.54) is 13.2 Å². The third-order valence-electron chi connectivity index (χ3n) is 2.77. The fourth-order valence-corrected chi connectivity index (χ4v) is 1.75. The summed E-state index contributed by atoms with van der Waals surface area (Å²) in [5.74, 6) is -0.196. The molecular weight excluding hydrogens is 279 g/mol. The fraction of sp³-hybridized carbons (Fsp3) is 0.133. The molecule has 0 saturated carbocycles. The maximum atomic E-state index is 13.6. The number of anilines is 1. The van der Waals surface area contributed by atoms with Gasteiger partial charge in [-0.2, -0.15) is 5.10 Å². The van der Waals surface area contributed by atoms with Gasteiger partial charge in [-0.05, 0) is 49.4 Å². The van der Waals surface area contributed by atoms with Crippen LogP contribution in [0.1, 0.15) is 12.5 Å². The predicted molar refractivity (Wildman–Crippen MR) is 80.2 cm³/mol. The molecular formula is C15H14ClFN2O. The van der Waals surface area contributed by atoms with E-state index in [9.17, 15) is 4.39 Å². The Labute approximate surface area is 122 Å². The summed E-state index contributed by atoms with van der Waals surface area (Å²) in [4.78, 5) is 0. The zero-order chi connectivity index (χ0) is 14.5. The van der Waals surface area contributed by atoms with Crippen LogP contribution in [-0.2, 0) is 0 Å². The molecule has 1 N–H and O–H groups in total. The lowest BCUT2D eigenvalue weighted by Gasteiger charge is -2.06. The van der Waals surface area contributed by atoms with E-state index >= 15 is 0 Å². The van der Waals surface area contributed by atoms with Crippen LogP contribution >= 0.6 is 11.6 Å². The Morgan fingerprint density at radius 1 is 1.20 bits per heavy atom. The Morgan fingerprint density at radius 2 is 1.90 bits per heavy atom. The number of rotatable bonds is 4. The smallest absolute Gasteiger partial charge is 0.165 e. The number of ether oxygens (including phenoxy) is 1. The molecule has 0 amide bonds. The van der Waals surface area contributed by atoms with Gasteiger partial charge >= 0.3 is 0 Å². The van der Waals surface area contributed by atoms with Gasteiger partial charge in [0.1, 0.15) is 0 Å². The number of hydrogen-bond donors (Lipinski definition) is 1. The highest BCUT2D eigenvalue weighted by atomic mass is 35.5. The van der Waals surface area contributed by atoms with E-state index in [2.05, 4.69) is 10.5 Å². The molecule has 0 aromatic heterocycles. The second-order valence-electron chi connectivity index (χ2n) is 4.17. The number of hydrogen-bond acceptors (Lipinski definition) is 3. The molecule has 20 heavy (non-hydrogen) atoms. The van der Waals surface area contributed by atoms with Crippen LogP contribution in [0.2, 0.25) is 5.02 Å². The first kappa shape index (κ1) is 14.3. The summed E-state index contributed by atoms with van der Waals surface area (Å²) in [6, 6.07) is 11.9. The Morgan fingerprint density at radius 3 is 2.50 bits per heavy atom. The molecule has 5 heteroatoms. The highest BCUT2D eigenvalue weighted by Crippen LogP contribution is 2.18. The highest BCUT2D eigenvalue weighted by molar-refractivity contribution is 6.30. The SMILES string of the molecule is COc1ccc(/C(C)=N\Nc2ccc(Cl)cc2)cc1F. The molecule has 0 fully saturated rings. The van der Waals surface area contributed by atoms with Crippen LogP contribution in [0.25, 0.3) is 0 Å². The number of hydrazone groups is 1. The van der Waals surface area contributed by atoms with Gasteiger partial charge in [0.2, 0.25) is 0 Å². The summed E-state index contributed by atoms with van der Waals surface area (Å²) in [6.45, 7) is 1.80. The number of halogens is 2. The van der Waals surface area contributed by atoms with Crippen molar-refractivity contribution in [2.75, 3.05) is 12.5 Å². The van der Waals surface area contributed by atoms with Gasteiger partial charge in [-0.3, -0.25) is 5.43 Å². The Hall–Kier alpha value is -2.07. The minimum absolute atomic E-state index is 0.215. The van der Waals surface area contributed by atoms with Crippen LogP contribution in [0.15, 0.2) is 47.6 Å². The van der Waals surface area contributed by atoms with Gasteiger partial charge in [-0.25, -0.2) is 4.39 Å². The Bertz CT molecular complexity index is 626. The van der Waals surface area contributed by atoms with Crippen molar-refractivity contribution in [3.63, 3.8) is 0 Å². The zero-order valence-corrected chi connectivity index (χ0v) is 11.9. The van der Waals surface area contributed by atoms with Crippen LogP contribution in [0, 0.1) is 5.82 Å². The largest absolute Gasteiger partial charge is 0.494 e. The lowest BCUT2D eigenvalue weighted by molar-refractivity contribution is 0.386. The van der Waals surface area contributed by atoms with E-state index in [1.54, 1.807) is 31.2 Å². The van der Waals surface area contributed by atoms with Crippen molar-refractivity contribution in [1.29, 1.82) is 0 Å². The minimum Gasteiger partial charge on any atom is -0.494 e. The van der Waals surface area contributed by atoms with Crippen molar-refractivity contribution >= 4 is 23.0 Å². The maximum Gasteiger partial charge on any atom is 0.165 e. The third kappa shape index (κ3) is 3.48. The van der Waals surface area contributed by atoms with Gasteiger partial charge < -0.3 is 4.74 Å². The van der Waals surface area contributed by atoms with Gasteiger partial charge in [0.15, 0.2) is 11.6 Å². The molecule has 0 saturated heterocycles. The van der Waals surface area contributed by atoms with Crippen LogP contribution in [-0.4, -0.2) is 12.8 Å². The molecule has 0 aliphatic rings. The van der Waals surface area contributed by atoms with E-state index in [-0.39, 0.29) is 5.75 Å². The van der Waals surface area contributed by atoms with E-state index < -0.39 is 5.82 Å². The molecule has 0 aliphatic carbocycles. The molecule has 0 bridgehead atoms. The van der Waals surface area contributed by atoms with Crippen LogP contribution in [0.4, 0.5) is 10.1 Å². The topological polar surface area (TPSA) is 33.6 Å². The molecule has 0 unspecified atom stereocenters. The standard InChI is InChI=1S/C15H14ClFN2O/c1-10(11-3-8-15(20-2)14(17)9-11)18-19-13-6-4-12(16)5-7-13/h3-9,19H,1-2H3/b18-10-. The van der Waals surface area contributed by atoms with Crippen LogP contribution in [0.5, 0.6) is 5.75 Å². The van der Waals surface area contributed by atoms with E-state index in [1.807, 2.05) is 12.1 Å². The quantitative estimate of drug-likeness (QED) is 0.672. The first-order valence-corrected chi connectivity index (χ1v) is 6.37. The molecule has 0 spiro atoms. The van der Waals surface area contributed by atoms with Gasteiger partial charge in [0.05, 0.1) is 18.5 Å². The molecule has 104 valence electrons. The fourth-order valence-electron chi connectivity index (χ4n) is 1.63. The van der Waals surface area contributed by atoms with Gasteiger partial charge in [-0.1, -0.05) is 11.6 Å². The summed E-state index contributed by atoms with van der Waals surface area (Å²) in [6.07, 6.45) is 0. The molecule has 2 rings (SSSR count). The second kappa shape index (κ2) is 6.39. The lowest BCUT2D eigenvalue weighted by atomic mass is 10.1.